The Bertz CT molecular complexity index is 588. The summed E-state index contributed by atoms with van der Waals surface area (Å²) in [6, 6.07) is 9.81. The van der Waals surface area contributed by atoms with E-state index < -0.39 is 5.97 Å². The van der Waals surface area contributed by atoms with Gasteiger partial charge in [-0.1, -0.05) is 30.3 Å². The molecule has 20 heavy (non-hydrogen) atoms. The third kappa shape index (κ3) is 2.16. The van der Waals surface area contributed by atoms with E-state index in [4.69, 9.17) is 18.9 Å². The van der Waals surface area contributed by atoms with E-state index in [0.29, 0.717) is 17.3 Å². The van der Waals surface area contributed by atoms with Gasteiger partial charge in [0.1, 0.15) is 12.2 Å². The number of epoxide rings is 1. The zero-order valence-electron chi connectivity index (χ0n) is 11.2. The number of ether oxygens (including phenoxy) is 4. The number of rotatable bonds is 4. The molecule has 0 N–H and O–H groups in total. The lowest BCUT2D eigenvalue weighted by molar-refractivity contribution is -0.132. The van der Waals surface area contributed by atoms with Gasteiger partial charge in [0.05, 0.1) is 20.3 Å². The van der Waals surface area contributed by atoms with Crippen LogP contribution in [0, 0.1) is 0 Å². The Morgan fingerprint density at radius 1 is 1.20 bits per heavy atom. The molecule has 3 rings (SSSR count). The molecule has 2 aliphatic heterocycles. The minimum absolute atomic E-state index is 0.0870. The van der Waals surface area contributed by atoms with E-state index in [1.54, 1.807) is 0 Å². The Morgan fingerprint density at radius 2 is 1.95 bits per heavy atom. The molecule has 0 amide bonds. The number of hydrogen-bond acceptors (Lipinski definition) is 5. The Labute approximate surface area is 116 Å². The maximum Gasteiger partial charge on any atom is 0.340 e. The Morgan fingerprint density at radius 3 is 2.60 bits per heavy atom. The van der Waals surface area contributed by atoms with Gasteiger partial charge in [-0.25, -0.2) is 4.79 Å². The van der Waals surface area contributed by atoms with Crippen molar-refractivity contribution in [2.24, 2.45) is 0 Å². The lowest BCUT2D eigenvalue weighted by atomic mass is 10.1. The molecule has 104 valence electrons. The maximum atomic E-state index is 11.3. The molecule has 2 atom stereocenters. The number of benzene rings is 1. The standard InChI is InChI=1S/C15H14O5/c1-17-10-8-11(16)19-13(10)14(18-2)15-12(20-15)9-6-4-3-5-7-9/h3-8,12,15H,1-2H3/b14-13-/t12-,15+/m1/s1. The van der Waals surface area contributed by atoms with E-state index in [2.05, 4.69) is 0 Å². The molecule has 0 radical (unpaired) electrons. The molecule has 5 nitrogen and oxygen atoms in total. The average molecular weight is 274 g/mol. The minimum Gasteiger partial charge on any atom is -0.494 e. The summed E-state index contributed by atoms with van der Waals surface area (Å²) >= 11 is 0. The third-order valence-corrected chi connectivity index (χ3v) is 3.22. The molecule has 0 spiro atoms. The first-order valence-electron chi connectivity index (χ1n) is 6.21. The number of carbonyl (C=O) groups excluding carboxylic acids is 1. The first-order valence-corrected chi connectivity index (χ1v) is 6.21. The SMILES string of the molecule is COC1=CC(=O)O/C1=C(\OC)[C@H]1O[C@@H]1c1ccccc1. The van der Waals surface area contributed by atoms with Crippen LogP contribution >= 0.6 is 0 Å². The van der Waals surface area contributed by atoms with Gasteiger partial charge >= 0.3 is 5.97 Å². The molecular weight excluding hydrogens is 260 g/mol. The second-order valence-electron chi connectivity index (χ2n) is 4.42. The molecule has 0 bridgehead atoms. The van der Waals surface area contributed by atoms with Crippen molar-refractivity contribution in [3.63, 3.8) is 0 Å². The van der Waals surface area contributed by atoms with Crippen molar-refractivity contribution in [2.45, 2.75) is 12.2 Å². The van der Waals surface area contributed by atoms with Crippen LogP contribution in [0.1, 0.15) is 11.7 Å². The van der Waals surface area contributed by atoms with Crippen molar-refractivity contribution in [2.75, 3.05) is 14.2 Å². The van der Waals surface area contributed by atoms with Crippen LogP contribution in [0.3, 0.4) is 0 Å². The van der Waals surface area contributed by atoms with Crippen molar-refractivity contribution in [3.05, 3.63) is 59.2 Å². The Kier molecular flexibility index (Phi) is 3.20. The predicted molar refractivity (Wildman–Crippen MR) is 69.3 cm³/mol. The molecule has 1 aromatic rings. The van der Waals surface area contributed by atoms with Gasteiger partial charge in [0.2, 0.25) is 5.76 Å². The lowest BCUT2D eigenvalue weighted by Gasteiger charge is -2.09. The predicted octanol–water partition coefficient (Wildman–Crippen LogP) is 2.07. The van der Waals surface area contributed by atoms with Gasteiger partial charge in [-0.15, -0.1) is 0 Å². The molecule has 0 unspecified atom stereocenters. The summed E-state index contributed by atoms with van der Waals surface area (Å²) in [7, 11) is 3.00. The molecule has 2 heterocycles. The fourth-order valence-electron chi connectivity index (χ4n) is 2.22. The summed E-state index contributed by atoms with van der Waals surface area (Å²) < 4.78 is 21.2. The van der Waals surface area contributed by atoms with E-state index in [9.17, 15) is 4.79 Å². The van der Waals surface area contributed by atoms with E-state index in [-0.39, 0.29) is 12.2 Å². The Balaban J connectivity index is 1.86. The fraction of sp³-hybridized carbons (Fsp3) is 0.267. The number of carbonyl (C=O) groups is 1. The summed E-state index contributed by atoms with van der Waals surface area (Å²) in [5.74, 6) is 0.652. The van der Waals surface area contributed by atoms with E-state index in [0.717, 1.165) is 5.56 Å². The summed E-state index contributed by atoms with van der Waals surface area (Å²) in [5.41, 5.74) is 1.06. The second-order valence-corrected chi connectivity index (χ2v) is 4.42. The molecule has 0 aliphatic carbocycles. The number of esters is 1. The van der Waals surface area contributed by atoms with Gasteiger partial charge < -0.3 is 18.9 Å². The first-order chi connectivity index (χ1) is 9.74. The van der Waals surface area contributed by atoms with Crippen molar-refractivity contribution < 1.29 is 23.7 Å². The molecule has 1 fully saturated rings. The summed E-state index contributed by atoms with van der Waals surface area (Å²) in [6.07, 6.45) is 0.937. The van der Waals surface area contributed by atoms with Crippen LogP contribution in [0.4, 0.5) is 0 Å². The second kappa shape index (κ2) is 5.02. The highest BCUT2D eigenvalue weighted by molar-refractivity contribution is 5.87. The van der Waals surface area contributed by atoms with Crippen molar-refractivity contribution in [1.82, 2.24) is 0 Å². The van der Waals surface area contributed by atoms with E-state index in [1.165, 1.54) is 20.3 Å². The van der Waals surface area contributed by atoms with Crippen molar-refractivity contribution in [3.8, 4) is 0 Å². The minimum atomic E-state index is -0.469. The van der Waals surface area contributed by atoms with Crippen molar-refractivity contribution in [1.29, 1.82) is 0 Å². The summed E-state index contributed by atoms with van der Waals surface area (Å²) in [4.78, 5) is 11.3. The van der Waals surface area contributed by atoms with Crippen LogP contribution in [0.5, 0.6) is 0 Å². The molecule has 1 aromatic carbocycles. The highest BCUT2D eigenvalue weighted by atomic mass is 16.6. The normalized spacial score (nSPS) is 26.7. The zero-order valence-corrected chi connectivity index (χ0v) is 11.2. The summed E-state index contributed by atoms with van der Waals surface area (Å²) in [6.45, 7) is 0. The maximum absolute atomic E-state index is 11.3. The van der Waals surface area contributed by atoms with Crippen LogP contribution in [-0.4, -0.2) is 26.3 Å². The quantitative estimate of drug-likeness (QED) is 0.478. The van der Waals surface area contributed by atoms with Gasteiger partial charge in [0.25, 0.3) is 0 Å². The highest BCUT2D eigenvalue weighted by Crippen LogP contribution is 2.45. The van der Waals surface area contributed by atoms with Gasteiger partial charge in [0, 0.05) is 0 Å². The van der Waals surface area contributed by atoms with Crippen LogP contribution in [0.15, 0.2) is 53.7 Å². The number of methoxy groups -OCH3 is 2. The summed E-state index contributed by atoms with van der Waals surface area (Å²) in [5, 5.41) is 0. The monoisotopic (exact) mass is 274 g/mol. The van der Waals surface area contributed by atoms with Crippen LogP contribution < -0.4 is 0 Å². The van der Waals surface area contributed by atoms with Gasteiger partial charge in [-0.2, -0.15) is 0 Å². The van der Waals surface area contributed by atoms with Gasteiger partial charge in [0.15, 0.2) is 11.5 Å². The molecular formula is C15H14O5. The number of hydrogen-bond donors (Lipinski definition) is 0. The van der Waals surface area contributed by atoms with Gasteiger partial charge in [-0.3, -0.25) is 0 Å². The molecule has 5 heteroatoms. The van der Waals surface area contributed by atoms with Crippen LogP contribution in [0.2, 0.25) is 0 Å². The fourth-order valence-corrected chi connectivity index (χ4v) is 2.22. The lowest BCUT2D eigenvalue weighted by Crippen LogP contribution is -2.06. The van der Waals surface area contributed by atoms with E-state index >= 15 is 0 Å². The molecule has 2 aliphatic rings. The largest absolute Gasteiger partial charge is 0.494 e. The van der Waals surface area contributed by atoms with Crippen molar-refractivity contribution >= 4 is 5.97 Å². The average Bonchev–Trinajstić information content (AvgIpc) is 3.17. The molecule has 0 saturated carbocycles. The van der Waals surface area contributed by atoms with E-state index in [1.807, 2.05) is 30.3 Å². The highest BCUT2D eigenvalue weighted by Gasteiger charge is 2.47. The third-order valence-electron chi connectivity index (χ3n) is 3.22. The Hall–Kier alpha value is -2.27. The zero-order chi connectivity index (χ0) is 14.1. The topological polar surface area (TPSA) is 57.3 Å². The first kappa shape index (κ1) is 12.7. The molecule has 1 saturated heterocycles. The smallest absolute Gasteiger partial charge is 0.340 e. The van der Waals surface area contributed by atoms with Crippen LogP contribution in [0.25, 0.3) is 0 Å². The van der Waals surface area contributed by atoms with Crippen LogP contribution in [-0.2, 0) is 23.7 Å². The van der Waals surface area contributed by atoms with Gasteiger partial charge in [-0.05, 0) is 5.56 Å². The molecule has 0 aromatic heterocycles. The number of cyclic esters (lactones) is 1.